The van der Waals surface area contributed by atoms with E-state index in [-0.39, 0.29) is 35.8 Å². The summed E-state index contributed by atoms with van der Waals surface area (Å²) in [4.78, 5) is 27.2. The molecule has 10 heteroatoms. The van der Waals surface area contributed by atoms with Crippen LogP contribution >= 0.6 is 0 Å². The third-order valence-corrected chi connectivity index (χ3v) is 5.82. The molecule has 0 bridgehead atoms. The number of likely N-dealkylation sites (tertiary alicyclic amines) is 1. The van der Waals surface area contributed by atoms with Gasteiger partial charge >= 0.3 is 6.18 Å². The number of carbonyl (C=O) groups is 2. The Hall–Kier alpha value is -4.21. The van der Waals surface area contributed by atoms with Crippen molar-refractivity contribution in [3.63, 3.8) is 0 Å². The Morgan fingerprint density at radius 1 is 1.06 bits per heavy atom. The molecule has 0 spiro atoms. The second-order valence-electron chi connectivity index (χ2n) is 8.14. The van der Waals surface area contributed by atoms with Crippen molar-refractivity contribution in [2.24, 2.45) is 0 Å². The van der Waals surface area contributed by atoms with Gasteiger partial charge in [0.05, 0.1) is 11.1 Å². The molecule has 1 aromatic heterocycles. The van der Waals surface area contributed by atoms with E-state index >= 15 is 0 Å². The number of amides is 1. The van der Waals surface area contributed by atoms with Gasteiger partial charge in [0.25, 0.3) is 11.7 Å². The summed E-state index contributed by atoms with van der Waals surface area (Å²) in [6.45, 7) is 1.36. The Labute approximate surface area is 197 Å². The van der Waals surface area contributed by atoms with Gasteiger partial charge in [-0.3, -0.25) is 9.59 Å². The van der Waals surface area contributed by atoms with Gasteiger partial charge in [0.15, 0.2) is 11.5 Å². The minimum absolute atomic E-state index is 0.00655. The summed E-state index contributed by atoms with van der Waals surface area (Å²) in [7, 11) is 0. The number of fused-ring (bicyclic) bond motifs is 1. The summed E-state index contributed by atoms with van der Waals surface area (Å²) in [5.74, 6) is -0.909. The number of carbonyl (C=O) groups excluding carboxylic acids is 2. The molecule has 1 amide bonds. The minimum atomic E-state index is -4.57. The summed E-state index contributed by atoms with van der Waals surface area (Å²) >= 11 is 0. The molecule has 1 N–H and O–H groups in total. The lowest BCUT2D eigenvalue weighted by atomic mass is 9.99. The van der Waals surface area contributed by atoms with Crippen molar-refractivity contribution in [3.8, 4) is 11.5 Å². The van der Waals surface area contributed by atoms with E-state index in [1.54, 1.807) is 25.1 Å². The minimum Gasteiger partial charge on any atom is -0.507 e. The lowest BCUT2D eigenvalue weighted by Gasteiger charge is -2.24. The molecule has 1 saturated heterocycles. The molecule has 5 rings (SSSR count). The average molecular weight is 485 g/mol. The van der Waals surface area contributed by atoms with Gasteiger partial charge < -0.3 is 23.9 Å². The van der Waals surface area contributed by atoms with Crippen LogP contribution in [-0.2, 0) is 22.3 Å². The van der Waals surface area contributed by atoms with Crippen LogP contribution in [0.3, 0.4) is 0 Å². The van der Waals surface area contributed by atoms with E-state index in [1.165, 1.54) is 24.3 Å². The first-order chi connectivity index (χ1) is 16.6. The highest BCUT2D eigenvalue weighted by Crippen LogP contribution is 2.42. The van der Waals surface area contributed by atoms with Crippen LogP contribution in [0.25, 0.3) is 5.76 Å². The predicted octanol–water partition coefficient (Wildman–Crippen LogP) is 4.96. The topological polar surface area (TPSA) is 89.2 Å². The molecule has 1 atom stereocenters. The number of aliphatic hydroxyl groups excluding tert-OH is 1. The van der Waals surface area contributed by atoms with E-state index in [4.69, 9.17) is 13.9 Å². The van der Waals surface area contributed by atoms with Crippen LogP contribution in [0.4, 0.5) is 13.2 Å². The molecule has 7 nitrogen and oxygen atoms in total. The van der Waals surface area contributed by atoms with Crippen molar-refractivity contribution in [2.45, 2.75) is 25.7 Å². The first-order valence-corrected chi connectivity index (χ1v) is 10.5. The standard InChI is InChI=1S/C25H18F3NO6/c1-13-5-7-18(35-13)21-20(22(30)15-6-8-17-19(10-15)34-12-33-17)23(31)24(32)29(21)11-14-3-2-4-16(9-14)25(26,27)28/h2-10,21,30H,11-12H2,1H3/b22-20-. The monoisotopic (exact) mass is 485 g/mol. The lowest BCUT2D eigenvalue weighted by Crippen LogP contribution is -2.29. The number of hydrogen-bond donors (Lipinski definition) is 1. The van der Waals surface area contributed by atoms with Gasteiger partial charge in [-0.1, -0.05) is 12.1 Å². The molecule has 2 aliphatic heterocycles. The second kappa shape index (κ2) is 8.23. The molecule has 0 saturated carbocycles. The molecule has 3 heterocycles. The number of Topliss-reactive ketones (excluding diaryl/α,β-unsaturated/α-hetero) is 1. The maximum atomic E-state index is 13.2. The van der Waals surface area contributed by atoms with E-state index < -0.39 is 35.2 Å². The van der Waals surface area contributed by atoms with Crippen LogP contribution < -0.4 is 9.47 Å². The number of benzene rings is 2. The molecule has 1 unspecified atom stereocenters. The molecule has 35 heavy (non-hydrogen) atoms. The van der Waals surface area contributed by atoms with Crippen LogP contribution in [0, 0.1) is 6.92 Å². The Bertz CT molecular complexity index is 1370. The van der Waals surface area contributed by atoms with E-state index in [0.29, 0.717) is 17.3 Å². The molecular weight excluding hydrogens is 467 g/mol. The summed E-state index contributed by atoms with van der Waals surface area (Å²) in [5.41, 5.74) is -0.745. The normalized spacial score (nSPS) is 19.0. The van der Waals surface area contributed by atoms with E-state index in [0.717, 1.165) is 17.0 Å². The number of nitrogens with zero attached hydrogens (tertiary/aromatic N) is 1. The van der Waals surface area contributed by atoms with Gasteiger partial charge in [0, 0.05) is 12.1 Å². The van der Waals surface area contributed by atoms with Crippen LogP contribution in [0.15, 0.2) is 64.6 Å². The number of hydrogen-bond acceptors (Lipinski definition) is 6. The van der Waals surface area contributed by atoms with Crippen molar-refractivity contribution in [1.29, 1.82) is 0 Å². The zero-order valence-electron chi connectivity index (χ0n) is 18.3. The van der Waals surface area contributed by atoms with Gasteiger partial charge in [-0.05, 0) is 55.0 Å². The first kappa shape index (κ1) is 22.6. The Kier molecular flexibility index (Phi) is 5.31. The number of ketones is 1. The van der Waals surface area contributed by atoms with Crippen LogP contribution in [0.2, 0.25) is 0 Å². The van der Waals surface area contributed by atoms with Crippen LogP contribution in [-0.4, -0.2) is 28.5 Å². The molecule has 3 aromatic rings. The van der Waals surface area contributed by atoms with E-state index in [9.17, 15) is 27.9 Å². The fourth-order valence-electron chi connectivity index (χ4n) is 4.18. The van der Waals surface area contributed by atoms with Crippen LogP contribution in [0.5, 0.6) is 11.5 Å². The lowest BCUT2D eigenvalue weighted by molar-refractivity contribution is -0.140. The van der Waals surface area contributed by atoms with Crippen molar-refractivity contribution < 1.29 is 41.8 Å². The Morgan fingerprint density at radius 3 is 2.54 bits per heavy atom. The highest BCUT2D eigenvalue weighted by Gasteiger charge is 2.47. The summed E-state index contributed by atoms with van der Waals surface area (Å²) in [5, 5.41) is 11.1. The second-order valence-corrected chi connectivity index (χ2v) is 8.14. The molecule has 0 aliphatic carbocycles. The smallest absolute Gasteiger partial charge is 0.416 e. The number of aliphatic hydroxyl groups is 1. The number of aryl methyl sites for hydroxylation is 1. The zero-order valence-corrected chi connectivity index (χ0v) is 18.3. The van der Waals surface area contributed by atoms with Gasteiger partial charge in [-0.15, -0.1) is 0 Å². The SMILES string of the molecule is Cc1ccc(C2/C(=C(/O)c3ccc4c(c3)OCO4)C(=O)C(=O)N2Cc2cccc(C(F)(F)F)c2)o1. The van der Waals surface area contributed by atoms with Gasteiger partial charge in [-0.25, -0.2) is 0 Å². The Morgan fingerprint density at radius 2 is 1.83 bits per heavy atom. The first-order valence-electron chi connectivity index (χ1n) is 10.5. The molecule has 2 aliphatic rings. The number of rotatable bonds is 4. The highest BCUT2D eigenvalue weighted by atomic mass is 19.4. The number of ether oxygens (including phenoxy) is 2. The maximum absolute atomic E-state index is 13.2. The van der Waals surface area contributed by atoms with Crippen LogP contribution in [0.1, 0.15) is 34.3 Å². The maximum Gasteiger partial charge on any atom is 0.416 e. The third-order valence-electron chi connectivity index (χ3n) is 5.82. The highest BCUT2D eigenvalue weighted by molar-refractivity contribution is 6.46. The largest absolute Gasteiger partial charge is 0.507 e. The quantitative estimate of drug-likeness (QED) is 0.319. The fraction of sp³-hybridized carbons (Fsp3) is 0.200. The Balaban J connectivity index is 1.60. The summed E-state index contributed by atoms with van der Waals surface area (Å²) in [6.07, 6.45) is -4.57. The van der Waals surface area contributed by atoms with Gasteiger partial charge in [0.2, 0.25) is 6.79 Å². The molecule has 180 valence electrons. The molecular formula is C25H18F3NO6. The van der Waals surface area contributed by atoms with Crippen molar-refractivity contribution >= 4 is 17.4 Å². The zero-order chi connectivity index (χ0) is 24.9. The van der Waals surface area contributed by atoms with Crippen molar-refractivity contribution in [1.82, 2.24) is 4.90 Å². The van der Waals surface area contributed by atoms with Gasteiger partial charge in [-0.2, -0.15) is 13.2 Å². The van der Waals surface area contributed by atoms with E-state index in [1.807, 2.05) is 0 Å². The number of halogens is 3. The third kappa shape index (κ3) is 4.01. The molecule has 2 aromatic carbocycles. The molecule has 0 radical (unpaired) electrons. The number of furan rings is 1. The average Bonchev–Trinajstić information content (AvgIpc) is 3.52. The number of alkyl halides is 3. The molecule has 1 fully saturated rings. The predicted molar refractivity (Wildman–Crippen MR) is 115 cm³/mol. The summed E-state index contributed by atoms with van der Waals surface area (Å²) < 4.78 is 55.9. The van der Waals surface area contributed by atoms with Crippen molar-refractivity contribution in [3.05, 3.63) is 88.4 Å². The van der Waals surface area contributed by atoms with Crippen molar-refractivity contribution in [2.75, 3.05) is 6.79 Å². The van der Waals surface area contributed by atoms with E-state index in [2.05, 4.69) is 0 Å². The summed E-state index contributed by atoms with van der Waals surface area (Å²) in [6, 6.07) is 11.1. The van der Waals surface area contributed by atoms with Gasteiger partial charge in [0.1, 0.15) is 23.3 Å². The fourth-order valence-corrected chi connectivity index (χ4v) is 4.18.